The zero-order chi connectivity index (χ0) is 15.2. The average molecular weight is 289 g/mol. The molecule has 4 unspecified atom stereocenters. The molecule has 0 aliphatic heterocycles. The third-order valence-electron chi connectivity index (χ3n) is 4.75. The van der Waals surface area contributed by atoms with Gasteiger partial charge in [-0.15, -0.1) is 0 Å². The van der Waals surface area contributed by atoms with Crippen LogP contribution >= 0.6 is 0 Å². The molecule has 2 rings (SSSR count). The van der Waals surface area contributed by atoms with E-state index in [1.807, 2.05) is 18.5 Å². The monoisotopic (exact) mass is 289 g/mol. The first kappa shape index (κ1) is 16.4. The fourth-order valence-electron chi connectivity index (χ4n) is 4.00. The van der Waals surface area contributed by atoms with Gasteiger partial charge in [0, 0.05) is 31.0 Å². The number of rotatable bonds is 6. The maximum atomic E-state index is 4.24. The molecule has 21 heavy (non-hydrogen) atoms. The molecule has 1 aliphatic carbocycles. The van der Waals surface area contributed by atoms with E-state index in [-0.39, 0.29) is 0 Å². The number of likely N-dealkylation sites (N-methyl/N-ethyl adjacent to an activating group) is 1. The molecule has 1 aromatic heterocycles. The standard InChI is InChI=1S/C18H31N3/c1-5-8-20-17-11-14(2)10-15(3)18(17)21(4)13-16-7-6-9-19-12-16/h6-7,9,12,14-15,17-18,20H,5,8,10-11,13H2,1-4H3. The Balaban J connectivity index is 2.05. The van der Waals surface area contributed by atoms with Gasteiger partial charge in [0.15, 0.2) is 0 Å². The van der Waals surface area contributed by atoms with Gasteiger partial charge in [0.25, 0.3) is 0 Å². The number of nitrogens with zero attached hydrogens (tertiary/aromatic N) is 2. The van der Waals surface area contributed by atoms with Crippen LogP contribution in [0.3, 0.4) is 0 Å². The van der Waals surface area contributed by atoms with Crippen LogP contribution in [-0.4, -0.2) is 35.6 Å². The van der Waals surface area contributed by atoms with E-state index < -0.39 is 0 Å². The van der Waals surface area contributed by atoms with Crippen LogP contribution in [0.5, 0.6) is 0 Å². The van der Waals surface area contributed by atoms with Crippen LogP contribution in [-0.2, 0) is 6.54 Å². The normalized spacial score (nSPS) is 29.8. The van der Waals surface area contributed by atoms with Crippen LogP contribution in [0.15, 0.2) is 24.5 Å². The van der Waals surface area contributed by atoms with E-state index >= 15 is 0 Å². The summed E-state index contributed by atoms with van der Waals surface area (Å²) in [7, 11) is 2.27. The van der Waals surface area contributed by atoms with Gasteiger partial charge < -0.3 is 5.32 Å². The Morgan fingerprint density at radius 3 is 2.81 bits per heavy atom. The van der Waals surface area contributed by atoms with Crippen molar-refractivity contribution in [3.8, 4) is 0 Å². The number of hydrogen-bond acceptors (Lipinski definition) is 3. The van der Waals surface area contributed by atoms with Crippen molar-refractivity contribution in [2.45, 2.75) is 58.7 Å². The number of nitrogens with one attached hydrogen (secondary N) is 1. The van der Waals surface area contributed by atoms with Crippen molar-refractivity contribution in [3.05, 3.63) is 30.1 Å². The van der Waals surface area contributed by atoms with Crippen molar-refractivity contribution in [3.63, 3.8) is 0 Å². The van der Waals surface area contributed by atoms with Gasteiger partial charge >= 0.3 is 0 Å². The van der Waals surface area contributed by atoms with Gasteiger partial charge in [-0.05, 0) is 56.3 Å². The highest BCUT2D eigenvalue weighted by molar-refractivity contribution is 5.09. The van der Waals surface area contributed by atoms with E-state index in [4.69, 9.17) is 0 Å². The Labute approximate surface area is 130 Å². The number of hydrogen-bond donors (Lipinski definition) is 1. The second-order valence-electron chi connectivity index (χ2n) is 6.88. The first-order valence-electron chi connectivity index (χ1n) is 8.44. The van der Waals surface area contributed by atoms with E-state index in [0.29, 0.717) is 12.1 Å². The van der Waals surface area contributed by atoms with Crippen molar-refractivity contribution in [1.29, 1.82) is 0 Å². The second-order valence-corrected chi connectivity index (χ2v) is 6.88. The lowest BCUT2D eigenvalue weighted by Gasteiger charge is -2.45. The molecule has 0 saturated heterocycles. The molecule has 0 aromatic carbocycles. The summed E-state index contributed by atoms with van der Waals surface area (Å²) in [6.07, 6.45) is 7.68. The third-order valence-corrected chi connectivity index (χ3v) is 4.75. The average Bonchev–Trinajstić information content (AvgIpc) is 2.45. The van der Waals surface area contributed by atoms with Crippen molar-refractivity contribution in [2.24, 2.45) is 11.8 Å². The highest BCUT2D eigenvalue weighted by Gasteiger charge is 2.35. The van der Waals surface area contributed by atoms with Gasteiger partial charge in [-0.25, -0.2) is 0 Å². The van der Waals surface area contributed by atoms with Crippen LogP contribution in [0, 0.1) is 11.8 Å². The van der Waals surface area contributed by atoms with E-state index in [0.717, 1.165) is 24.9 Å². The molecule has 0 radical (unpaired) electrons. The predicted molar refractivity (Wildman–Crippen MR) is 89.1 cm³/mol. The maximum Gasteiger partial charge on any atom is 0.0312 e. The van der Waals surface area contributed by atoms with Gasteiger partial charge in [0.1, 0.15) is 0 Å². The topological polar surface area (TPSA) is 28.2 Å². The molecule has 0 bridgehead atoms. The molecule has 1 heterocycles. The predicted octanol–water partition coefficient (Wildman–Crippen LogP) is 3.32. The highest BCUT2D eigenvalue weighted by Crippen LogP contribution is 2.32. The Bertz CT molecular complexity index is 406. The number of pyridine rings is 1. The summed E-state index contributed by atoms with van der Waals surface area (Å²) in [5, 5.41) is 3.79. The molecule has 3 heteroatoms. The lowest BCUT2D eigenvalue weighted by molar-refractivity contribution is 0.0753. The summed E-state index contributed by atoms with van der Waals surface area (Å²) in [4.78, 5) is 6.77. The molecular weight excluding hydrogens is 258 g/mol. The molecule has 0 amide bonds. The fraction of sp³-hybridized carbons (Fsp3) is 0.722. The lowest BCUT2D eigenvalue weighted by atomic mass is 9.76. The van der Waals surface area contributed by atoms with Gasteiger partial charge in [-0.1, -0.05) is 26.8 Å². The zero-order valence-corrected chi connectivity index (χ0v) is 14.0. The van der Waals surface area contributed by atoms with Crippen molar-refractivity contribution in [2.75, 3.05) is 13.6 Å². The van der Waals surface area contributed by atoms with Crippen molar-refractivity contribution in [1.82, 2.24) is 15.2 Å². The van der Waals surface area contributed by atoms with E-state index in [9.17, 15) is 0 Å². The third kappa shape index (κ3) is 4.52. The zero-order valence-electron chi connectivity index (χ0n) is 14.0. The molecule has 1 saturated carbocycles. The molecule has 0 spiro atoms. The first-order valence-corrected chi connectivity index (χ1v) is 8.44. The van der Waals surface area contributed by atoms with E-state index in [1.54, 1.807) is 0 Å². The van der Waals surface area contributed by atoms with Gasteiger partial charge in [0.05, 0.1) is 0 Å². The van der Waals surface area contributed by atoms with Crippen LogP contribution in [0.25, 0.3) is 0 Å². The Morgan fingerprint density at radius 2 is 2.14 bits per heavy atom. The van der Waals surface area contributed by atoms with Gasteiger partial charge in [-0.3, -0.25) is 9.88 Å². The summed E-state index contributed by atoms with van der Waals surface area (Å²) < 4.78 is 0. The first-order chi connectivity index (χ1) is 10.1. The van der Waals surface area contributed by atoms with Crippen LogP contribution < -0.4 is 5.32 Å². The van der Waals surface area contributed by atoms with Gasteiger partial charge in [0.2, 0.25) is 0 Å². The van der Waals surface area contributed by atoms with Gasteiger partial charge in [-0.2, -0.15) is 0 Å². The molecule has 1 aliphatic rings. The Morgan fingerprint density at radius 1 is 1.33 bits per heavy atom. The van der Waals surface area contributed by atoms with Crippen molar-refractivity contribution >= 4 is 0 Å². The quantitative estimate of drug-likeness (QED) is 0.871. The summed E-state index contributed by atoms with van der Waals surface area (Å²) in [5.41, 5.74) is 1.31. The summed E-state index contributed by atoms with van der Waals surface area (Å²) >= 11 is 0. The lowest BCUT2D eigenvalue weighted by Crippen LogP contribution is -2.55. The minimum atomic E-state index is 0.616. The minimum absolute atomic E-state index is 0.616. The largest absolute Gasteiger partial charge is 0.312 e. The molecule has 3 nitrogen and oxygen atoms in total. The Kier molecular flexibility index (Phi) is 6.19. The number of aromatic nitrogens is 1. The molecule has 4 atom stereocenters. The molecule has 1 fully saturated rings. The van der Waals surface area contributed by atoms with Crippen LogP contribution in [0.2, 0.25) is 0 Å². The van der Waals surface area contributed by atoms with Crippen LogP contribution in [0.1, 0.15) is 45.6 Å². The van der Waals surface area contributed by atoms with E-state index in [2.05, 4.69) is 49.1 Å². The maximum absolute atomic E-state index is 4.24. The Hall–Kier alpha value is -0.930. The van der Waals surface area contributed by atoms with E-state index in [1.165, 1.54) is 24.8 Å². The molecule has 1 aromatic rings. The summed E-state index contributed by atoms with van der Waals surface area (Å²) in [5.74, 6) is 1.57. The van der Waals surface area contributed by atoms with Crippen molar-refractivity contribution < 1.29 is 0 Å². The smallest absolute Gasteiger partial charge is 0.0312 e. The molecular formula is C18H31N3. The minimum Gasteiger partial charge on any atom is -0.312 e. The fourth-order valence-corrected chi connectivity index (χ4v) is 4.00. The summed E-state index contributed by atoms with van der Waals surface area (Å²) in [6, 6.07) is 5.44. The van der Waals surface area contributed by atoms with Crippen LogP contribution in [0.4, 0.5) is 0 Å². The molecule has 1 N–H and O–H groups in total. The highest BCUT2D eigenvalue weighted by atomic mass is 15.2. The second kappa shape index (κ2) is 7.90. The molecule has 118 valence electrons. The SMILES string of the molecule is CCCNC1CC(C)CC(C)C1N(C)Cc1cccnc1. The summed E-state index contributed by atoms with van der Waals surface area (Å²) in [6.45, 7) is 9.18.